The van der Waals surface area contributed by atoms with Crippen molar-refractivity contribution >= 4 is 5.91 Å². The number of aromatic hydroxyl groups is 1. The van der Waals surface area contributed by atoms with E-state index in [0.29, 0.717) is 6.42 Å². The number of rotatable bonds is 5. The number of carbonyl (C=O) groups is 1. The van der Waals surface area contributed by atoms with Crippen molar-refractivity contribution < 1.29 is 15.0 Å². The normalized spacial score (nSPS) is 13.1. The van der Waals surface area contributed by atoms with Gasteiger partial charge in [-0.15, -0.1) is 0 Å². The van der Waals surface area contributed by atoms with E-state index in [2.05, 4.69) is 26.1 Å². The van der Waals surface area contributed by atoms with Crippen LogP contribution in [0.15, 0.2) is 18.2 Å². The summed E-state index contributed by atoms with van der Waals surface area (Å²) in [5, 5.41) is 21.8. The molecule has 4 heteroatoms. The molecule has 1 amide bonds. The van der Waals surface area contributed by atoms with Gasteiger partial charge in [-0.1, -0.05) is 32.9 Å². The van der Waals surface area contributed by atoms with Crippen LogP contribution in [0.2, 0.25) is 0 Å². The molecule has 0 unspecified atom stereocenters. The van der Waals surface area contributed by atoms with Crippen LogP contribution in [0.4, 0.5) is 0 Å². The van der Waals surface area contributed by atoms with Crippen molar-refractivity contribution in [2.75, 3.05) is 6.61 Å². The Kier molecular flexibility index (Phi) is 5.57. The number of carbonyl (C=O) groups excluding carboxylic acids is 1. The number of nitrogens with one attached hydrogen (secondary N) is 1. The second kappa shape index (κ2) is 6.75. The maximum absolute atomic E-state index is 12.0. The van der Waals surface area contributed by atoms with Crippen LogP contribution in [0.1, 0.15) is 38.3 Å². The summed E-state index contributed by atoms with van der Waals surface area (Å²) in [7, 11) is 0. The van der Waals surface area contributed by atoms with Crippen molar-refractivity contribution in [2.45, 2.75) is 46.6 Å². The van der Waals surface area contributed by atoms with E-state index in [4.69, 9.17) is 0 Å². The Balaban J connectivity index is 2.59. The molecule has 1 aromatic rings. The fourth-order valence-electron chi connectivity index (χ4n) is 2.13. The molecule has 3 N–H and O–H groups in total. The van der Waals surface area contributed by atoms with Gasteiger partial charge < -0.3 is 15.5 Å². The zero-order chi connectivity index (χ0) is 15.3. The Labute approximate surface area is 120 Å². The molecule has 0 aromatic heterocycles. The lowest BCUT2D eigenvalue weighted by atomic mass is 9.88. The molecule has 0 bridgehead atoms. The van der Waals surface area contributed by atoms with Crippen LogP contribution in [0.25, 0.3) is 0 Å². The van der Waals surface area contributed by atoms with E-state index in [9.17, 15) is 15.0 Å². The standard InChI is InChI=1S/C16H25NO3/c1-11-5-6-12(7-14(11)19)8-15(20)17-13(10-18)9-16(2,3)4/h5-7,13,18-19H,8-10H2,1-4H3,(H,17,20)/t13-/m1/s1. The van der Waals surface area contributed by atoms with Crippen LogP contribution in [-0.2, 0) is 11.2 Å². The molecule has 0 radical (unpaired) electrons. The molecule has 0 aliphatic carbocycles. The number of phenols is 1. The number of hydrogen-bond acceptors (Lipinski definition) is 3. The molecule has 0 saturated heterocycles. The molecular weight excluding hydrogens is 254 g/mol. The summed E-state index contributed by atoms with van der Waals surface area (Å²) in [6, 6.07) is 4.98. The molecule has 0 aliphatic rings. The Morgan fingerprint density at radius 2 is 2.00 bits per heavy atom. The molecular formula is C16H25NO3. The van der Waals surface area contributed by atoms with Gasteiger partial charge in [-0.3, -0.25) is 4.79 Å². The highest BCUT2D eigenvalue weighted by atomic mass is 16.3. The van der Waals surface area contributed by atoms with E-state index in [1.807, 2.05) is 13.0 Å². The first kappa shape index (κ1) is 16.5. The van der Waals surface area contributed by atoms with Crippen molar-refractivity contribution in [1.29, 1.82) is 0 Å². The topological polar surface area (TPSA) is 69.6 Å². The van der Waals surface area contributed by atoms with Gasteiger partial charge in [0.05, 0.1) is 19.1 Å². The fraction of sp³-hybridized carbons (Fsp3) is 0.562. The predicted molar refractivity (Wildman–Crippen MR) is 79.6 cm³/mol. The highest BCUT2D eigenvalue weighted by molar-refractivity contribution is 5.79. The fourth-order valence-corrected chi connectivity index (χ4v) is 2.13. The number of aliphatic hydroxyl groups is 1. The molecule has 1 aromatic carbocycles. The predicted octanol–water partition coefficient (Wildman–Crippen LogP) is 2.16. The average molecular weight is 279 g/mol. The summed E-state index contributed by atoms with van der Waals surface area (Å²) in [4.78, 5) is 12.0. The molecule has 20 heavy (non-hydrogen) atoms. The third-order valence-corrected chi connectivity index (χ3v) is 3.08. The lowest BCUT2D eigenvalue weighted by Crippen LogP contribution is -2.40. The number of hydrogen-bond donors (Lipinski definition) is 3. The third kappa shape index (κ3) is 5.61. The van der Waals surface area contributed by atoms with E-state index in [1.165, 1.54) is 0 Å². The van der Waals surface area contributed by atoms with Gasteiger partial charge in [0.1, 0.15) is 5.75 Å². The quantitative estimate of drug-likeness (QED) is 0.773. The van der Waals surface area contributed by atoms with Gasteiger partial charge in [-0.25, -0.2) is 0 Å². The van der Waals surface area contributed by atoms with Crippen molar-refractivity contribution in [3.8, 4) is 5.75 Å². The van der Waals surface area contributed by atoms with Crippen LogP contribution >= 0.6 is 0 Å². The Morgan fingerprint density at radius 1 is 1.35 bits per heavy atom. The van der Waals surface area contributed by atoms with Gasteiger partial charge >= 0.3 is 0 Å². The van der Waals surface area contributed by atoms with Crippen molar-refractivity contribution in [3.63, 3.8) is 0 Å². The van der Waals surface area contributed by atoms with E-state index < -0.39 is 0 Å². The minimum atomic E-state index is -0.235. The van der Waals surface area contributed by atoms with Crippen molar-refractivity contribution in [1.82, 2.24) is 5.32 Å². The summed E-state index contributed by atoms with van der Waals surface area (Å²) >= 11 is 0. The largest absolute Gasteiger partial charge is 0.508 e. The smallest absolute Gasteiger partial charge is 0.224 e. The number of aryl methyl sites for hydroxylation is 1. The molecule has 0 aliphatic heterocycles. The second-order valence-corrected chi connectivity index (χ2v) is 6.51. The maximum atomic E-state index is 12.0. The zero-order valence-corrected chi connectivity index (χ0v) is 12.7. The highest BCUT2D eigenvalue weighted by Gasteiger charge is 2.19. The SMILES string of the molecule is Cc1ccc(CC(=O)N[C@@H](CO)CC(C)(C)C)cc1O. The Morgan fingerprint density at radius 3 is 2.50 bits per heavy atom. The van der Waals surface area contributed by atoms with Gasteiger partial charge in [0.15, 0.2) is 0 Å². The van der Waals surface area contributed by atoms with Gasteiger partial charge in [-0.2, -0.15) is 0 Å². The Bertz CT molecular complexity index is 463. The zero-order valence-electron chi connectivity index (χ0n) is 12.7. The number of aliphatic hydroxyl groups excluding tert-OH is 1. The number of benzene rings is 1. The molecule has 1 rings (SSSR count). The summed E-state index contributed by atoms with van der Waals surface area (Å²) in [6.45, 7) is 7.95. The van der Waals surface area contributed by atoms with Crippen LogP contribution in [0.3, 0.4) is 0 Å². The molecule has 112 valence electrons. The summed E-state index contributed by atoms with van der Waals surface area (Å²) in [5.74, 6) is 0.0558. The van der Waals surface area contributed by atoms with Crippen LogP contribution < -0.4 is 5.32 Å². The van der Waals surface area contributed by atoms with E-state index in [1.54, 1.807) is 12.1 Å². The molecule has 0 saturated carbocycles. The lowest BCUT2D eigenvalue weighted by Gasteiger charge is -2.25. The first-order valence-corrected chi connectivity index (χ1v) is 6.90. The van der Waals surface area contributed by atoms with Gasteiger partial charge in [0, 0.05) is 0 Å². The molecule has 0 spiro atoms. The van der Waals surface area contributed by atoms with Gasteiger partial charge in [-0.05, 0) is 36.0 Å². The monoisotopic (exact) mass is 279 g/mol. The summed E-state index contributed by atoms with van der Waals surface area (Å²) in [5.41, 5.74) is 1.59. The number of phenolic OH excluding ortho intramolecular Hbond substituents is 1. The molecule has 4 nitrogen and oxygen atoms in total. The molecule has 1 atom stereocenters. The second-order valence-electron chi connectivity index (χ2n) is 6.51. The summed E-state index contributed by atoms with van der Waals surface area (Å²) in [6.07, 6.45) is 0.920. The summed E-state index contributed by atoms with van der Waals surface area (Å²) < 4.78 is 0. The van der Waals surface area contributed by atoms with Crippen LogP contribution in [-0.4, -0.2) is 28.8 Å². The first-order valence-electron chi connectivity index (χ1n) is 6.90. The minimum Gasteiger partial charge on any atom is -0.508 e. The molecule has 0 heterocycles. The molecule has 0 fully saturated rings. The number of amides is 1. The van der Waals surface area contributed by atoms with Gasteiger partial charge in [0.25, 0.3) is 0 Å². The highest BCUT2D eigenvalue weighted by Crippen LogP contribution is 2.21. The van der Waals surface area contributed by atoms with E-state index in [-0.39, 0.29) is 36.1 Å². The van der Waals surface area contributed by atoms with E-state index in [0.717, 1.165) is 11.1 Å². The third-order valence-electron chi connectivity index (χ3n) is 3.08. The minimum absolute atomic E-state index is 0.0444. The maximum Gasteiger partial charge on any atom is 0.224 e. The van der Waals surface area contributed by atoms with Crippen LogP contribution in [0.5, 0.6) is 5.75 Å². The Hall–Kier alpha value is -1.55. The van der Waals surface area contributed by atoms with Crippen molar-refractivity contribution in [2.24, 2.45) is 5.41 Å². The lowest BCUT2D eigenvalue weighted by molar-refractivity contribution is -0.121. The van der Waals surface area contributed by atoms with E-state index >= 15 is 0 Å². The van der Waals surface area contributed by atoms with Crippen molar-refractivity contribution in [3.05, 3.63) is 29.3 Å². The van der Waals surface area contributed by atoms with Gasteiger partial charge in [0.2, 0.25) is 5.91 Å². The van der Waals surface area contributed by atoms with Crippen LogP contribution in [0, 0.1) is 12.3 Å². The average Bonchev–Trinajstić information content (AvgIpc) is 2.31. The first-order chi connectivity index (χ1) is 9.21.